The second kappa shape index (κ2) is 11.8. The van der Waals surface area contributed by atoms with Crippen molar-refractivity contribution >= 4 is 44.6 Å². The van der Waals surface area contributed by atoms with Gasteiger partial charge in [-0.3, -0.25) is 14.8 Å². The van der Waals surface area contributed by atoms with E-state index in [1.165, 1.54) is 49.9 Å². The Bertz CT molecular complexity index is 1880. The molecule has 8 nitrogen and oxygen atoms in total. The van der Waals surface area contributed by atoms with E-state index in [0.29, 0.717) is 22.7 Å². The van der Waals surface area contributed by atoms with E-state index in [1.807, 2.05) is 49.5 Å². The Labute approximate surface area is 279 Å². The lowest BCUT2D eigenvalue weighted by atomic mass is 9.49. The molecule has 4 fully saturated rings. The Hall–Kier alpha value is -4.24. The summed E-state index contributed by atoms with van der Waals surface area (Å²) in [6.07, 6.45) is 14.3. The first-order valence-electron chi connectivity index (χ1n) is 16.9. The summed E-state index contributed by atoms with van der Waals surface area (Å²) in [4.78, 5) is 32.7. The number of carboxylic acids is 1. The van der Waals surface area contributed by atoms with Gasteiger partial charge in [0, 0.05) is 42.2 Å². The number of thiazole rings is 1. The van der Waals surface area contributed by atoms with Crippen molar-refractivity contribution in [2.24, 2.45) is 23.2 Å². The number of carbonyl (C=O) groups is 2. The van der Waals surface area contributed by atoms with Crippen LogP contribution in [0.15, 0.2) is 66.0 Å². The molecule has 4 aromatic rings. The number of amides is 1. The minimum Gasteiger partial charge on any atom is -0.478 e. The first kappa shape index (κ1) is 30.1. The van der Waals surface area contributed by atoms with E-state index in [4.69, 9.17) is 5.10 Å². The van der Waals surface area contributed by atoms with E-state index < -0.39 is 5.97 Å². The molecule has 5 aliphatic rings. The molecule has 2 N–H and O–H groups in total. The number of benzene rings is 2. The molecule has 4 aliphatic carbocycles. The first-order valence-corrected chi connectivity index (χ1v) is 17.7. The third-order valence-corrected chi connectivity index (χ3v) is 12.2. The second-order valence-corrected chi connectivity index (χ2v) is 15.5. The van der Waals surface area contributed by atoms with Crippen LogP contribution in [0.1, 0.15) is 78.2 Å². The predicted molar refractivity (Wildman–Crippen MR) is 185 cm³/mol. The number of nitrogens with one attached hydrogen (secondary N) is 1. The van der Waals surface area contributed by atoms with Gasteiger partial charge in [-0.1, -0.05) is 35.6 Å². The third-order valence-electron chi connectivity index (χ3n) is 11.2. The van der Waals surface area contributed by atoms with E-state index >= 15 is 0 Å². The maximum absolute atomic E-state index is 13.5. The van der Waals surface area contributed by atoms with E-state index in [2.05, 4.69) is 32.9 Å². The van der Waals surface area contributed by atoms with Gasteiger partial charge in [0.2, 0.25) is 0 Å². The lowest BCUT2D eigenvalue weighted by molar-refractivity contribution is -0.132. The zero-order valence-corrected chi connectivity index (χ0v) is 27.9. The highest BCUT2D eigenvalue weighted by molar-refractivity contribution is 7.22. The van der Waals surface area contributed by atoms with Gasteiger partial charge in [0.15, 0.2) is 5.13 Å². The Kier molecular flexibility index (Phi) is 7.54. The highest BCUT2D eigenvalue weighted by Gasteiger charge is 2.51. The van der Waals surface area contributed by atoms with Gasteiger partial charge in [0.05, 0.1) is 22.0 Å². The second-order valence-electron chi connectivity index (χ2n) is 14.5. The van der Waals surface area contributed by atoms with Gasteiger partial charge in [-0.05, 0) is 123 Å². The minimum atomic E-state index is -0.967. The quantitative estimate of drug-likeness (QED) is 0.150. The van der Waals surface area contributed by atoms with Crippen LogP contribution in [0.4, 0.5) is 5.13 Å². The number of para-hydroxylation sites is 1. The topological polar surface area (TPSA) is 100 Å². The monoisotopic (exact) mass is 647 g/mol. The summed E-state index contributed by atoms with van der Waals surface area (Å²) in [7, 11) is 0. The van der Waals surface area contributed by atoms with E-state index in [0.717, 1.165) is 75.6 Å². The molecule has 4 saturated carbocycles. The molecule has 1 aliphatic heterocycles. The fraction of sp³-hybridized carbons (Fsp3) is 0.421. The molecule has 242 valence electrons. The number of carbonyl (C=O) groups excluding carboxylic acids is 1. The van der Waals surface area contributed by atoms with Crippen LogP contribution in [-0.4, -0.2) is 43.2 Å². The van der Waals surface area contributed by atoms with Crippen molar-refractivity contribution in [2.45, 2.75) is 71.9 Å². The van der Waals surface area contributed by atoms with Gasteiger partial charge in [-0.25, -0.2) is 9.78 Å². The molecule has 1 amide bonds. The van der Waals surface area contributed by atoms with Gasteiger partial charge >= 0.3 is 5.97 Å². The number of fused-ring (bicyclic) bond motifs is 2. The van der Waals surface area contributed by atoms with E-state index in [-0.39, 0.29) is 11.5 Å². The number of anilines is 1. The molecule has 3 heterocycles. The molecule has 0 unspecified atom stereocenters. The average Bonchev–Trinajstić information content (AvgIpc) is 3.61. The zero-order valence-electron chi connectivity index (χ0n) is 27.0. The number of hydrogen-bond donors (Lipinski definition) is 2. The van der Waals surface area contributed by atoms with Crippen molar-refractivity contribution in [1.29, 1.82) is 0 Å². The largest absolute Gasteiger partial charge is 0.478 e. The minimum absolute atomic E-state index is 0.184. The molecule has 2 aromatic heterocycles. The van der Waals surface area contributed by atoms with Crippen molar-refractivity contribution in [2.75, 3.05) is 11.9 Å². The summed E-state index contributed by atoms with van der Waals surface area (Å²) in [5, 5.41) is 18.6. The Morgan fingerprint density at radius 1 is 1.06 bits per heavy atom. The number of aliphatic carboxylic acids is 1. The van der Waals surface area contributed by atoms with Gasteiger partial charge in [0.1, 0.15) is 0 Å². The number of aromatic nitrogens is 3. The Balaban J connectivity index is 1.00. The SMILES string of the molecule is C/C(=C\C(=C\c1cnn(CC23CC4CC(CC(C4)C2)C3)c1C)C(=O)O)N1CCc2cccc(C(=O)Nc3nc4ccccc4s3)c2C1. The number of nitrogens with zero attached hydrogens (tertiary/aromatic N) is 4. The van der Waals surface area contributed by atoms with Crippen molar-refractivity contribution in [3.8, 4) is 0 Å². The van der Waals surface area contributed by atoms with Gasteiger partial charge in [-0.15, -0.1) is 0 Å². The highest BCUT2D eigenvalue weighted by atomic mass is 32.1. The van der Waals surface area contributed by atoms with Crippen LogP contribution in [0.3, 0.4) is 0 Å². The summed E-state index contributed by atoms with van der Waals surface area (Å²) in [5.74, 6) is 1.50. The van der Waals surface area contributed by atoms with Crippen molar-refractivity contribution in [3.05, 3.63) is 94.0 Å². The van der Waals surface area contributed by atoms with Crippen LogP contribution >= 0.6 is 11.3 Å². The first-order chi connectivity index (χ1) is 22.7. The number of allylic oxidation sites excluding steroid dienone is 1. The van der Waals surface area contributed by atoms with E-state index in [1.54, 1.807) is 12.2 Å². The van der Waals surface area contributed by atoms with Crippen molar-refractivity contribution in [1.82, 2.24) is 19.7 Å². The normalized spacial score (nSPS) is 25.3. The standard InChI is InChI=1S/C38H41N5O3S/c1-23(42-11-10-28-6-5-7-31(32(28)21-42)35(44)41-37-40-33-8-3-4-9-34(33)47-37)12-29(36(45)46)16-30-20-39-43(24(30)2)22-38-17-25-13-26(18-38)15-27(14-25)19-38/h3-9,12,16,20,25-27H,10-11,13-15,17-19,21-22H2,1-2H3,(H,45,46)(H,40,41,44)/b23-12+,29-16-. The lowest BCUT2D eigenvalue weighted by Crippen LogP contribution is -2.48. The maximum Gasteiger partial charge on any atom is 0.335 e. The molecule has 2 aromatic carbocycles. The maximum atomic E-state index is 13.5. The lowest BCUT2D eigenvalue weighted by Gasteiger charge is -2.56. The van der Waals surface area contributed by atoms with E-state index in [9.17, 15) is 14.7 Å². The van der Waals surface area contributed by atoms with Crippen LogP contribution in [0.25, 0.3) is 16.3 Å². The molecule has 47 heavy (non-hydrogen) atoms. The molecule has 0 spiro atoms. The van der Waals surface area contributed by atoms with Crippen LogP contribution in [0.2, 0.25) is 0 Å². The van der Waals surface area contributed by atoms with Crippen LogP contribution in [0.5, 0.6) is 0 Å². The summed E-state index contributed by atoms with van der Waals surface area (Å²) in [6, 6.07) is 13.7. The van der Waals surface area contributed by atoms with Crippen molar-refractivity contribution < 1.29 is 14.7 Å². The molecular formula is C38H41N5O3S. The number of hydrogen-bond acceptors (Lipinski definition) is 6. The van der Waals surface area contributed by atoms with Crippen molar-refractivity contribution in [3.63, 3.8) is 0 Å². The fourth-order valence-corrected chi connectivity index (χ4v) is 10.3. The van der Waals surface area contributed by atoms with Crippen LogP contribution < -0.4 is 5.32 Å². The summed E-state index contributed by atoms with van der Waals surface area (Å²) >= 11 is 1.46. The molecule has 0 radical (unpaired) electrons. The average molecular weight is 648 g/mol. The molecule has 0 atom stereocenters. The van der Waals surface area contributed by atoms with Gasteiger partial charge in [-0.2, -0.15) is 5.10 Å². The molecule has 9 rings (SSSR count). The Morgan fingerprint density at radius 3 is 2.53 bits per heavy atom. The molecule has 4 bridgehead atoms. The molecular weight excluding hydrogens is 607 g/mol. The Morgan fingerprint density at radius 2 is 1.81 bits per heavy atom. The fourth-order valence-electron chi connectivity index (χ4n) is 9.40. The third kappa shape index (κ3) is 5.79. The highest BCUT2D eigenvalue weighted by Crippen LogP contribution is 2.60. The smallest absolute Gasteiger partial charge is 0.335 e. The van der Waals surface area contributed by atoms with Gasteiger partial charge < -0.3 is 10.0 Å². The van der Waals surface area contributed by atoms with Gasteiger partial charge in [0.25, 0.3) is 5.91 Å². The zero-order chi connectivity index (χ0) is 32.3. The summed E-state index contributed by atoms with van der Waals surface area (Å²) < 4.78 is 3.16. The summed E-state index contributed by atoms with van der Waals surface area (Å²) in [6.45, 7) is 6.23. The molecule has 0 saturated heterocycles. The molecule has 9 heteroatoms. The summed E-state index contributed by atoms with van der Waals surface area (Å²) in [5.41, 5.74) is 6.91. The number of rotatable bonds is 8. The number of carboxylic acid groups (broad SMARTS) is 1. The van der Waals surface area contributed by atoms with Crippen LogP contribution in [-0.2, 0) is 24.3 Å². The van der Waals surface area contributed by atoms with Crippen LogP contribution in [0, 0.1) is 30.1 Å². The predicted octanol–water partition coefficient (Wildman–Crippen LogP) is 7.70.